The van der Waals surface area contributed by atoms with Crippen LogP contribution in [0.15, 0.2) is 71.7 Å². The van der Waals surface area contributed by atoms with E-state index in [0.29, 0.717) is 17.6 Å². The highest BCUT2D eigenvalue weighted by Gasteiger charge is 2.16. The van der Waals surface area contributed by atoms with E-state index in [1.807, 2.05) is 6.20 Å². The van der Waals surface area contributed by atoms with Gasteiger partial charge in [-0.2, -0.15) is 11.3 Å². The maximum Gasteiger partial charge on any atom is 0.222 e. The summed E-state index contributed by atoms with van der Waals surface area (Å²) in [6.45, 7) is 0.586. The van der Waals surface area contributed by atoms with E-state index in [0.717, 1.165) is 11.6 Å². The Kier molecular flexibility index (Phi) is 4.37. The molecule has 1 N–H and O–H groups in total. The zero-order valence-corrected chi connectivity index (χ0v) is 16.0. The Bertz CT molecular complexity index is 1290. The summed E-state index contributed by atoms with van der Waals surface area (Å²) in [5.74, 6) is -1.54. The van der Waals surface area contributed by atoms with E-state index in [2.05, 4.69) is 56.2 Å². The van der Waals surface area contributed by atoms with Gasteiger partial charge in [-0.3, -0.25) is 0 Å². The van der Waals surface area contributed by atoms with Gasteiger partial charge in [0, 0.05) is 5.56 Å². The van der Waals surface area contributed by atoms with E-state index in [4.69, 9.17) is 0 Å². The topological polar surface area (TPSA) is 45.5 Å². The predicted molar refractivity (Wildman–Crippen MR) is 108 cm³/mol. The van der Waals surface area contributed by atoms with Gasteiger partial charge < -0.3 is 4.98 Å². The lowest BCUT2D eigenvalue weighted by Crippen LogP contribution is -2.37. The predicted octanol–water partition coefficient (Wildman–Crippen LogP) is 4.97. The lowest BCUT2D eigenvalue weighted by atomic mass is 10.1. The summed E-state index contributed by atoms with van der Waals surface area (Å²) in [5, 5.41) is 8.57. The lowest BCUT2D eigenvalue weighted by Gasteiger charge is -2.00. The molecule has 0 atom stereocenters. The number of nitrogens with zero attached hydrogens (tertiary/aromatic N) is 3. The number of hydrogen-bond acceptors (Lipinski definition) is 3. The van der Waals surface area contributed by atoms with Crippen LogP contribution in [0.1, 0.15) is 5.56 Å². The highest BCUT2D eigenvalue weighted by molar-refractivity contribution is 7.08. The summed E-state index contributed by atoms with van der Waals surface area (Å²) < 4.78 is 29.4. The first-order valence-electron chi connectivity index (χ1n) is 8.99. The molecule has 0 bridgehead atoms. The second-order valence-corrected chi connectivity index (χ2v) is 7.45. The van der Waals surface area contributed by atoms with Gasteiger partial charge in [-0.15, -0.1) is 0 Å². The van der Waals surface area contributed by atoms with Gasteiger partial charge >= 0.3 is 0 Å². The Hall–Kier alpha value is -3.45. The van der Waals surface area contributed by atoms with Crippen LogP contribution in [0, 0.1) is 11.6 Å². The fraction of sp³-hybridized carbons (Fsp3) is 0.0455. The zero-order valence-electron chi connectivity index (χ0n) is 15.1. The molecule has 3 aromatic heterocycles. The minimum Gasteiger partial charge on any atom is -0.333 e. The first kappa shape index (κ1) is 17.6. The Labute approximate surface area is 169 Å². The van der Waals surface area contributed by atoms with Crippen molar-refractivity contribution in [2.45, 2.75) is 6.54 Å². The number of halogens is 2. The van der Waals surface area contributed by atoms with Gasteiger partial charge in [0.1, 0.15) is 23.1 Å². The van der Waals surface area contributed by atoms with E-state index in [1.54, 1.807) is 22.2 Å². The highest BCUT2D eigenvalue weighted by atomic mass is 32.1. The van der Waals surface area contributed by atoms with Gasteiger partial charge in [-0.1, -0.05) is 35.0 Å². The van der Waals surface area contributed by atoms with E-state index >= 15 is 0 Å². The van der Waals surface area contributed by atoms with E-state index < -0.39 is 11.6 Å². The maximum absolute atomic E-state index is 14.1. The van der Waals surface area contributed by atoms with Crippen LogP contribution in [0.2, 0.25) is 0 Å². The summed E-state index contributed by atoms with van der Waals surface area (Å²) >= 11 is 1.68. The molecule has 0 unspecified atom stereocenters. The van der Waals surface area contributed by atoms with Gasteiger partial charge in [0.2, 0.25) is 6.20 Å². The number of benzene rings is 2. The number of hydrogen-bond donors (Lipinski definition) is 1. The fourth-order valence-electron chi connectivity index (χ4n) is 3.23. The van der Waals surface area contributed by atoms with Gasteiger partial charge in [0.05, 0.1) is 5.56 Å². The number of aromatic nitrogens is 4. The molecule has 142 valence electrons. The molecule has 3 heterocycles. The van der Waals surface area contributed by atoms with Crippen molar-refractivity contribution in [3.8, 4) is 22.5 Å². The summed E-state index contributed by atoms with van der Waals surface area (Å²) in [6.07, 6.45) is 3.43. The molecule has 7 heteroatoms. The van der Waals surface area contributed by atoms with E-state index in [1.165, 1.54) is 23.3 Å². The molecule has 29 heavy (non-hydrogen) atoms. The number of fused-ring (bicyclic) bond motifs is 1. The molecule has 0 saturated carbocycles. The van der Waals surface area contributed by atoms with Crippen LogP contribution in [0.5, 0.6) is 0 Å². The second-order valence-electron chi connectivity index (χ2n) is 6.67. The Morgan fingerprint density at radius 1 is 1.00 bits per heavy atom. The van der Waals surface area contributed by atoms with Crippen molar-refractivity contribution in [1.29, 1.82) is 0 Å². The number of rotatable bonds is 4. The molecule has 2 aromatic carbocycles. The summed E-state index contributed by atoms with van der Waals surface area (Å²) in [5.41, 5.74) is 4.89. The minimum atomic E-state index is -0.918. The molecule has 0 aliphatic heterocycles. The molecule has 0 fully saturated rings. The smallest absolute Gasteiger partial charge is 0.222 e. The van der Waals surface area contributed by atoms with Crippen LogP contribution < -0.4 is 4.68 Å². The van der Waals surface area contributed by atoms with E-state index in [9.17, 15) is 8.78 Å². The number of nitrogens with one attached hydrogen (secondary N) is 1. The maximum atomic E-state index is 14.1. The van der Waals surface area contributed by atoms with Gasteiger partial charge in [0.25, 0.3) is 0 Å². The molecule has 0 spiro atoms. The van der Waals surface area contributed by atoms with Crippen molar-refractivity contribution in [3.05, 3.63) is 88.9 Å². The monoisotopic (exact) mass is 405 g/mol. The van der Waals surface area contributed by atoms with Crippen LogP contribution in [0.25, 0.3) is 33.5 Å². The molecule has 0 amide bonds. The van der Waals surface area contributed by atoms with Crippen molar-refractivity contribution < 1.29 is 13.5 Å². The quantitative estimate of drug-likeness (QED) is 0.429. The Morgan fingerprint density at radius 2 is 1.86 bits per heavy atom. The van der Waals surface area contributed by atoms with Gasteiger partial charge in [-0.05, 0) is 45.2 Å². The minimum absolute atomic E-state index is 0.0942. The average Bonchev–Trinajstić information content (AvgIpc) is 3.40. The molecule has 0 saturated heterocycles. The third kappa shape index (κ3) is 3.40. The molecule has 0 aliphatic rings. The van der Waals surface area contributed by atoms with E-state index in [-0.39, 0.29) is 11.4 Å². The van der Waals surface area contributed by atoms with Crippen molar-refractivity contribution in [2.75, 3.05) is 0 Å². The van der Waals surface area contributed by atoms with Crippen molar-refractivity contribution in [1.82, 2.24) is 15.1 Å². The fourth-order valence-corrected chi connectivity index (χ4v) is 3.89. The summed E-state index contributed by atoms with van der Waals surface area (Å²) in [7, 11) is 0. The summed E-state index contributed by atoms with van der Waals surface area (Å²) in [6, 6.07) is 14.5. The second kappa shape index (κ2) is 7.18. The molecular weight excluding hydrogens is 390 g/mol. The lowest BCUT2D eigenvalue weighted by molar-refractivity contribution is -0.745. The van der Waals surface area contributed by atoms with Crippen molar-refractivity contribution in [3.63, 3.8) is 0 Å². The Morgan fingerprint density at radius 3 is 2.66 bits per heavy atom. The molecule has 5 rings (SSSR count). The molecule has 0 radical (unpaired) electrons. The number of aromatic amines is 1. The summed E-state index contributed by atoms with van der Waals surface area (Å²) in [4.78, 5) is 7.39. The molecule has 5 aromatic rings. The third-order valence-corrected chi connectivity index (χ3v) is 5.41. The number of imidazole rings is 1. The average molecular weight is 405 g/mol. The van der Waals surface area contributed by atoms with Crippen LogP contribution in [0.3, 0.4) is 0 Å². The standard InChI is InChI=1S/C22H14F2N4S/c23-18-3-1-2-17(21(18)24)22-26-19-10-25-28(12-20(19)27-22)11-14-4-6-15(7-5-14)16-8-9-29-13-16/h1-10,12-13H,11H2/p+1. The van der Waals surface area contributed by atoms with Crippen molar-refractivity contribution in [2.24, 2.45) is 0 Å². The van der Waals surface area contributed by atoms with Gasteiger partial charge in [0.15, 0.2) is 18.2 Å². The zero-order chi connectivity index (χ0) is 19.8. The molecular formula is C22H15F2N4S+. The molecule has 4 nitrogen and oxygen atoms in total. The largest absolute Gasteiger partial charge is 0.333 e. The highest BCUT2D eigenvalue weighted by Crippen LogP contribution is 2.24. The first-order valence-corrected chi connectivity index (χ1v) is 9.93. The number of thiophene rings is 1. The van der Waals surface area contributed by atoms with Crippen LogP contribution in [-0.4, -0.2) is 15.1 Å². The van der Waals surface area contributed by atoms with Gasteiger partial charge in [-0.25, -0.2) is 13.8 Å². The molecule has 0 aliphatic carbocycles. The van der Waals surface area contributed by atoms with Crippen LogP contribution >= 0.6 is 11.3 Å². The normalized spacial score (nSPS) is 11.2. The first-order chi connectivity index (χ1) is 14.2. The number of H-pyrrole nitrogens is 1. The Balaban J connectivity index is 1.42. The van der Waals surface area contributed by atoms with Crippen LogP contribution in [0.4, 0.5) is 8.78 Å². The van der Waals surface area contributed by atoms with Crippen molar-refractivity contribution >= 4 is 22.4 Å². The van der Waals surface area contributed by atoms with Crippen LogP contribution in [-0.2, 0) is 6.54 Å². The SMILES string of the molecule is Fc1cccc(-c2nc3cn[n+](Cc4ccc(-c5ccsc5)cc4)cc3[nH]2)c1F. The third-order valence-electron chi connectivity index (χ3n) is 4.73.